The summed E-state index contributed by atoms with van der Waals surface area (Å²) in [7, 11) is 3.19. The van der Waals surface area contributed by atoms with Crippen LogP contribution >= 0.6 is 0 Å². The molecule has 0 bridgehead atoms. The van der Waals surface area contributed by atoms with Gasteiger partial charge in [0.2, 0.25) is 0 Å². The van der Waals surface area contributed by atoms with Gasteiger partial charge >= 0.3 is 0 Å². The molecule has 0 saturated heterocycles. The van der Waals surface area contributed by atoms with E-state index in [1.54, 1.807) is 14.2 Å². The first-order valence-corrected chi connectivity index (χ1v) is 7.34. The van der Waals surface area contributed by atoms with Crippen LogP contribution in [0.1, 0.15) is 5.56 Å². The largest absolute Gasteiger partial charge is 0.588 e. The van der Waals surface area contributed by atoms with E-state index < -0.39 is 11.4 Å². The lowest BCUT2D eigenvalue weighted by molar-refractivity contribution is 0.355. The average molecular weight is 289 g/mol. The Morgan fingerprint density at radius 1 is 1.05 bits per heavy atom. The molecule has 1 atom stereocenters. The molecule has 0 saturated carbocycles. The molecule has 5 heteroatoms. The summed E-state index contributed by atoms with van der Waals surface area (Å²) in [6, 6.07) is 13.4. The zero-order valence-electron chi connectivity index (χ0n) is 11.3. The smallest absolute Gasteiger partial charge is 0.185 e. The van der Waals surface area contributed by atoms with Crippen LogP contribution in [0.25, 0.3) is 0 Å². The van der Waals surface area contributed by atoms with E-state index in [-0.39, 0.29) is 0 Å². The summed E-state index contributed by atoms with van der Waals surface area (Å²) < 4.78 is 24.9. The fourth-order valence-corrected chi connectivity index (χ4v) is 3.65. The minimum absolute atomic E-state index is 0.637. The third-order valence-electron chi connectivity index (χ3n) is 3.33. The van der Waals surface area contributed by atoms with E-state index >= 15 is 0 Å². The number of ether oxygens (including phenoxy) is 2. The van der Waals surface area contributed by atoms with Gasteiger partial charge in [0, 0.05) is 11.6 Å². The number of nitrogens with zero attached hydrogens (tertiary/aromatic N) is 1. The summed E-state index contributed by atoms with van der Waals surface area (Å²) in [4.78, 5) is 0.877. The summed E-state index contributed by atoms with van der Waals surface area (Å²) in [5.74, 6) is 1.30. The Bertz CT molecular complexity index is 632. The number of hydrogen-bond donors (Lipinski definition) is 0. The Morgan fingerprint density at radius 2 is 1.80 bits per heavy atom. The van der Waals surface area contributed by atoms with Crippen molar-refractivity contribution < 1.29 is 14.0 Å². The molecule has 1 heterocycles. The van der Waals surface area contributed by atoms with E-state index in [0.717, 1.165) is 16.1 Å². The zero-order chi connectivity index (χ0) is 14.1. The van der Waals surface area contributed by atoms with E-state index in [1.807, 2.05) is 46.8 Å². The number of rotatable bonds is 3. The van der Waals surface area contributed by atoms with Crippen LogP contribution in [-0.4, -0.2) is 18.8 Å². The lowest BCUT2D eigenvalue weighted by Crippen LogP contribution is -2.23. The third kappa shape index (κ3) is 2.09. The number of methoxy groups -OCH3 is 2. The SMILES string of the molecule is COc1ccc(N2Cc3ccccc3[S+]2[O-])cc1OC. The molecule has 1 aliphatic heterocycles. The van der Waals surface area contributed by atoms with Crippen molar-refractivity contribution in [2.45, 2.75) is 11.4 Å². The maximum atomic E-state index is 12.5. The molecule has 0 fully saturated rings. The molecule has 2 aromatic carbocycles. The van der Waals surface area contributed by atoms with Crippen LogP contribution in [0, 0.1) is 0 Å². The Hall–Kier alpha value is -1.85. The van der Waals surface area contributed by atoms with Gasteiger partial charge in [-0.1, -0.05) is 18.2 Å². The van der Waals surface area contributed by atoms with Crippen LogP contribution in [0.15, 0.2) is 47.4 Å². The van der Waals surface area contributed by atoms with Crippen molar-refractivity contribution in [2.24, 2.45) is 0 Å². The van der Waals surface area contributed by atoms with Gasteiger partial charge < -0.3 is 14.0 Å². The molecule has 4 nitrogen and oxygen atoms in total. The van der Waals surface area contributed by atoms with Gasteiger partial charge in [-0.2, -0.15) is 4.31 Å². The van der Waals surface area contributed by atoms with Crippen molar-refractivity contribution in [1.82, 2.24) is 0 Å². The van der Waals surface area contributed by atoms with Gasteiger partial charge in [-0.25, -0.2) is 0 Å². The van der Waals surface area contributed by atoms with Crippen LogP contribution < -0.4 is 13.8 Å². The van der Waals surface area contributed by atoms with Crippen molar-refractivity contribution >= 4 is 17.0 Å². The quantitative estimate of drug-likeness (QED) is 0.815. The number of benzene rings is 2. The van der Waals surface area contributed by atoms with Gasteiger partial charge in [-0.05, 0) is 18.2 Å². The van der Waals surface area contributed by atoms with Gasteiger partial charge in [-0.15, -0.1) is 0 Å². The molecule has 104 valence electrons. The van der Waals surface area contributed by atoms with Crippen molar-refractivity contribution in [3.8, 4) is 11.5 Å². The highest BCUT2D eigenvalue weighted by Crippen LogP contribution is 2.38. The van der Waals surface area contributed by atoms with Gasteiger partial charge in [0.25, 0.3) is 0 Å². The molecule has 3 rings (SSSR count). The fraction of sp³-hybridized carbons (Fsp3) is 0.200. The Morgan fingerprint density at radius 3 is 2.50 bits per heavy atom. The van der Waals surface area contributed by atoms with Crippen molar-refractivity contribution in [3.63, 3.8) is 0 Å². The second kappa shape index (κ2) is 5.26. The van der Waals surface area contributed by atoms with Crippen LogP contribution in [0.5, 0.6) is 11.5 Å². The van der Waals surface area contributed by atoms with Gasteiger partial charge in [0.1, 0.15) is 11.4 Å². The molecule has 2 aromatic rings. The monoisotopic (exact) mass is 289 g/mol. The number of anilines is 1. The van der Waals surface area contributed by atoms with Crippen molar-refractivity contribution in [1.29, 1.82) is 0 Å². The molecular weight excluding hydrogens is 274 g/mol. The zero-order valence-corrected chi connectivity index (χ0v) is 12.1. The predicted molar refractivity (Wildman–Crippen MR) is 78.6 cm³/mol. The van der Waals surface area contributed by atoms with Crippen LogP contribution in [0.2, 0.25) is 0 Å². The minimum atomic E-state index is -1.17. The van der Waals surface area contributed by atoms with E-state index in [9.17, 15) is 4.55 Å². The maximum Gasteiger partial charge on any atom is 0.185 e. The lowest BCUT2D eigenvalue weighted by atomic mass is 10.2. The predicted octanol–water partition coefficient (Wildman–Crippen LogP) is 2.75. The summed E-state index contributed by atoms with van der Waals surface area (Å²) in [6.07, 6.45) is 0. The van der Waals surface area contributed by atoms with Crippen LogP contribution in [0.4, 0.5) is 5.69 Å². The lowest BCUT2D eigenvalue weighted by Gasteiger charge is -2.19. The first-order chi connectivity index (χ1) is 9.74. The number of hydrogen-bond acceptors (Lipinski definition) is 4. The maximum absolute atomic E-state index is 12.5. The van der Waals surface area contributed by atoms with E-state index in [4.69, 9.17) is 9.47 Å². The van der Waals surface area contributed by atoms with Gasteiger partial charge in [0.05, 0.1) is 26.5 Å². The normalized spacial score (nSPS) is 16.9. The van der Waals surface area contributed by atoms with Gasteiger partial charge in [-0.3, -0.25) is 0 Å². The molecule has 0 spiro atoms. The molecule has 0 aliphatic carbocycles. The fourth-order valence-electron chi connectivity index (χ4n) is 2.30. The second-order valence-corrected chi connectivity index (χ2v) is 5.81. The highest BCUT2D eigenvalue weighted by molar-refractivity contribution is 7.93. The molecule has 0 aromatic heterocycles. The first-order valence-electron chi connectivity index (χ1n) is 6.24. The van der Waals surface area contributed by atoms with Crippen LogP contribution in [-0.2, 0) is 17.9 Å². The first kappa shape index (κ1) is 13.1. The van der Waals surface area contributed by atoms with E-state index in [2.05, 4.69) is 0 Å². The molecule has 1 unspecified atom stereocenters. The molecule has 0 N–H and O–H groups in total. The standard InChI is InChI=1S/C15H15NO3S/c1-18-13-8-7-12(9-14(13)19-2)16-10-11-5-3-4-6-15(11)20(16)17/h3-9H,10H2,1-2H3. The highest BCUT2D eigenvalue weighted by Gasteiger charge is 2.34. The summed E-state index contributed by atoms with van der Waals surface area (Å²) in [5, 5.41) is 0. The van der Waals surface area contributed by atoms with Crippen molar-refractivity contribution in [2.75, 3.05) is 18.5 Å². The second-order valence-electron chi connectivity index (χ2n) is 4.43. The summed E-state index contributed by atoms with van der Waals surface area (Å²) in [5.41, 5.74) is 1.96. The molecule has 20 heavy (non-hydrogen) atoms. The molecule has 1 aliphatic rings. The van der Waals surface area contributed by atoms with E-state index in [1.165, 1.54) is 0 Å². The molecule has 0 radical (unpaired) electrons. The summed E-state index contributed by atoms with van der Waals surface area (Å²) >= 11 is -1.17. The van der Waals surface area contributed by atoms with E-state index in [0.29, 0.717) is 18.0 Å². The van der Waals surface area contributed by atoms with Crippen molar-refractivity contribution in [3.05, 3.63) is 48.0 Å². The average Bonchev–Trinajstić information content (AvgIpc) is 2.84. The topological polar surface area (TPSA) is 44.8 Å². The molecular formula is C15H15NO3S. The Balaban J connectivity index is 1.96. The molecule has 0 amide bonds. The van der Waals surface area contributed by atoms with Crippen LogP contribution in [0.3, 0.4) is 0 Å². The third-order valence-corrected chi connectivity index (χ3v) is 4.84. The minimum Gasteiger partial charge on any atom is -0.588 e. The Labute approximate surface area is 121 Å². The Kier molecular flexibility index (Phi) is 3.46. The number of fused-ring (bicyclic) bond motifs is 1. The summed E-state index contributed by atoms with van der Waals surface area (Å²) in [6.45, 7) is 0.637. The highest BCUT2D eigenvalue weighted by atomic mass is 32.2. The van der Waals surface area contributed by atoms with Gasteiger partial charge in [0.15, 0.2) is 16.4 Å².